The highest BCUT2D eigenvalue weighted by molar-refractivity contribution is 6.23. The second-order valence-corrected chi connectivity index (χ2v) is 12.8. The number of fused-ring (bicyclic) bond motifs is 6. The van der Waals surface area contributed by atoms with E-state index in [2.05, 4.69) is 176 Å². The van der Waals surface area contributed by atoms with Crippen LogP contribution in [0.3, 0.4) is 0 Å². The molecule has 10 rings (SSSR count). The molecule has 1 aromatic heterocycles. The lowest BCUT2D eigenvalue weighted by molar-refractivity contribution is 0.669. The van der Waals surface area contributed by atoms with Gasteiger partial charge in [-0.3, -0.25) is 0 Å². The van der Waals surface area contributed by atoms with E-state index < -0.39 is 0 Å². The van der Waals surface area contributed by atoms with Gasteiger partial charge in [-0.15, -0.1) is 0 Å². The molecular formula is C48H30O. The van der Waals surface area contributed by atoms with Crippen LogP contribution in [0.5, 0.6) is 0 Å². The highest BCUT2D eigenvalue weighted by Gasteiger charge is 2.19. The van der Waals surface area contributed by atoms with E-state index in [0.717, 1.165) is 21.9 Å². The summed E-state index contributed by atoms with van der Waals surface area (Å²) in [5, 5.41) is 9.72. The van der Waals surface area contributed by atoms with Gasteiger partial charge in [0.1, 0.15) is 11.2 Å². The van der Waals surface area contributed by atoms with Crippen LogP contribution in [0.15, 0.2) is 186 Å². The molecule has 0 aliphatic carbocycles. The highest BCUT2D eigenvalue weighted by atomic mass is 16.3. The molecule has 0 N–H and O–H groups in total. The van der Waals surface area contributed by atoms with E-state index in [1.165, 1.54) is 76.8 Å². The zero-order chi connectivity index (χ0) is 32.3. The van der Waals surface area contributed by atoms with Crippen LogP contribution in [0, 0.1) is 0 Å². The molecule has 0 aliphatic heterocycles. The van der Waals surface area contributed by atoms with Gasteiger partial charge in [-0.2, -0.15) is 0 Å². The third-order valence-electron chi connectivity index (χ3n) is 10.0. The molecular weight excluding hydrogens is 593 g/mol. The zero-order valence-electron chi connectivity index (χ0n) is 26.7. The van der Waals surface area contributed by atoms with Gasteiger partial charge in [0.05, 0.1) is 0 Å². The van der Waals surface area contributed by atoms with Crippen molar-refractivity contribution in [1.82, 2.24) is 0 Å². The van der Waals surface area contributed by atoms with Crippen molar-refractivity contribution in [2.45, 2.75) is 0 Å². The molecule has 0 radical (unpaired) electrons. The number of benzene rings is 9. The molecule has 0 unspecified atom stereocenters. The lowest BCUT2D eigenvalue weighted by Gasteiger charge is -2.19. The average molecular weight is 623 g/mol. The molecule has 49 heavy (non-hydrogen) atoms. The van der Waals surface area contributed by atoms with Crippen molar-refractivity contribution in [3.63, 3.8) is 0 Å². The molecule has 0 aliphatic rings. The third kappa shape index (κ3) is 4.47. The van der Waals surface area contributed by atoms with Crippen LogP contribution in [0.25, 0.3) is 98.8 Å². The molecule has 10 aromatic rings. The summed E-state index contributed by atoms with van der Waals surface area (Å²) >= 11 is 0. The molecule has 0 bridgehead atoms. The van der Waals surface area contributed by atoms with Crippen molar-refractivity contribution in [3.05, 3.63) is 182 Å². The van der Waals surface area contributed by atoms with E-state index in [9.17, 15) is 0 Å². The van der Waals surface area contributed by atoms with Gasteiger partial charge in [0.2, 0.25) is 0 Å². The van der Waals surface area contributed by atoms with Crippen molar-refractivity contribution in [2.24, 2.45) is 0 Å². The normalized spacial score (nSPS) is 11.7. The Bertz CT molecular complexity index is 2870. The van der Waals surface area contributed by atoms with E-state index in [4.69, 9.17) is 4.42 Å². The predicted octanol–water partition coefficient (Wildman–Crippen LogP) is 13.7. The molecule has 228 valence electrons. The molecule has 1 heterocycles. The molecule has 0 spiro atoms. The number of hydrogen-bond acceptors (Lipinski definition) is 1. The molecule has 0 fully saturated rings. The molecule has 0 saturated carbocycles. The first-order chi connectivity index (χ1) is 24.3. The number of para-hydroxylation sites is 1. The Morgan fingerprint density at radius 2 is 0.816 bits per heavy atom. The Labute approximate surface area is 284 Å². The standard InChI is InChI=1S/C48H30O/c1-2-12-31(13-3-1)33-16-10-17-35(28-33)47-40-20-6-7-21-41(40)48(36-25-27-46-43(30-36)39-19-8-9-23-45(39)49-46)44-29-34(24-26-42(44)47)38-22-11-15-32-14-4-5-18-37(32)38/h1-30H. The fourth-order valence-corrected chi connectivity index (χ4v) is 7.81. The first-order valence-corrected chi connectivity index (χ1v) is 16.8. The van der Waals surface area contributed by atoms with Crippen LogP contribution in [0.1, 0.15) is 0 Å². The molecule has 9 aromatic carbocycles. The Morgan fingerprint density at radius 1 is 0.265 bits per heavy atom. The Kier molecular flexibility index (Phi) is 6.25. The van der Waals surface area contributed by atoms with Crippen LogP contribution >= 0.6 is 0 Å². The lowest BCUT2D eigenvalue weighted by Crippen LogP contribution is -1.92. The van der Waals surface area contributed by atoms with Crippen LogP contribution < -0.4 is 0 Å². The van der Waals surface area contributed by atoms with E-state index in [1.807, 2.05) is 6.07 Å². The minimum atomic E-state index is 0.907. The Balaban J connectivity index is 1.31. The topological polar surface area (TPSA) is 13.1 Å². The van der Waals surface area contributed by atoms with Crippen molar-refractivity contribution in [1.29, 1.82) is 0 Å². The zero-order valence-corrected chi connectivity index (χ0v) is 26.7. The monoisotopic (exact) mass is 622 g/mol. The maximum Gasteiger partial charge on any atom is 0.135 e. The second-order valence-electron chi connectivity index (χ2n) is 12.8. The average Bonchev–Trinajstić information content (AvgIpc) is 3.55. The van der Waals surface area contributed by atoms with E-state index >= 15 is 0 Å². The Morgan fingerprint density at radius 3 is 1.67 bits per heavy atom. The summed E-state index contributed by atoms with van der Waals surface area (Å²) in [5.41, 5.74) is 11.6. The van der Waals surface area contributed by atoms with Crippen LogP contribution in [0.2, 0.25) is 0 Å². The van der Waals surface area contributed by atoms with E-state index in [1.54, 1.807) is 0 Å². The van der Waals surface area contributed by atoms with Crippen molar-refractivity contribution >= 4 is 54.3 Å². The summed E-state index contributed by atoms with van der Waals surface area (Å²) in [5.74, 6) is 0. The quantitative estimate of drug-likeness (QED) is 0.178. The van der Waals surface area contributed by atoms with Gasteiger partial charge in [0, 0.05) is 10.8 Å². The smallest absolute Gasteiger partial charge is 0.135 e. The predicted molar refractivity (Wildman–Crippen MR) is 208 cm³/mol. The maximum atomic E-state index is 6.26. The highest BCUT2D eigenvalue weighted by Crippen LogP contribution is 2.46. The van der Waals surface area contributed by atoms with E-state index in [0.29, 0.717) is 0 Å². The molecule has 0 amide bonds. The fraction of sp³-hybridized carbons (Fsp3) is 0. The summed E-state index contributed by atoms with van der Waals surface area (Å²) in [6.45, 7) is 0. The minimum absolute atomic E-state index is 0.907. The first kappa shape index (κ1) is 27.7. The van der Waals surface area contributed by atoms with Crippen LogP contribution in [-0.4, -0.2) is 0 Å². The summed E-state index contributed by atoms with van der Waals surface area (Å²) in [4.78, 5) is 0. The maximum absolute atomic E-state index is 6.26. The summed E-state index contributed by atoms with van der Waals surface area (Å²) in [6.07, 6.45) is 0. The van der Waals surface area contributed by atoms with Gasteiger partial charge >= 0.3 is 0 Å². The molecule has 0 saturated heterocycles. The van der Waals surface area contributed by atoms with Crippen LogP contribution in [0.4, 0.5) is 0 Å². The van der Waals surface area contributed by atoms with Gasteiger partial charge < -0.3 is 4.42 Å². The van der Waals surface area contributed by atoms with Gasteiger partial charge in [-0.1, -0.05) is 152 Å². The molecule has 0 atom stereocenters. The number of hydrogen-bond donors (Lipinski definition) is 0. The Hall–Kier alpha value is -6.44. The van der Waals surface area contributed by atoms with Crippen molar-refractivity contribution in [2.75, 3.05) is 0 Å². The van der Waals surface area contributed by atoms with Gasteiger partial charge in [-0.05, 0) is 107 Å². The van der Waals surface area contributed by atoms with E-state index in [-0.39, 0.29) is 0 Å². The van der Waals surface area contributed by atoms with Gasteiger partial charge in [0.15, 0.2) is 0 Å². The SMILES string of the molecule is c1ccc(-c2cccc(-c3c4ccccc4c(-c4ccc5oc6ccccc6c5c4)c4cc(-c5cccc6ccccc56)ccc34)c2)cc1. The summed E-state index contributed by atoms with van der Waals surface area (Å²) in [7, 11) is 0. The fourth-order valence-electron chi connectivity index (χ4n) is 7.81. The number of furan rings is 1. The second kappa shape index (κ2) is 11.1. The van der Waals surface area contributed by atoms with Crippen molar-refractivity contribution in [3.8, 4) is 44.5 Å². The van der Waals surface area contributed by atoms with Crippen molar-refractivity contribution < 1.29 is 4.42 Å². The van der Waals surface area contributed by atoms with Gasteiger partial charge in [-0.25, -0.2) is 0 Å². The molecule has 1 heteroatoms. The lowest BCUT2D eigenvalue weighted by atomic mass is 9.84. The third-order valence-corrected chi connectivity index (χ3v) is 10.0. The van der Waals surface area contributed by atoms with Gasteiger partial charge in [0.25, 0.3) is 0 Å². The minimum Gasteiger partial charge on any atom is -0.456 e. The summed E-state index contributed by atoms with van der Waals surface area (Å²) < 4.78 is 6.26. The molecule has 1 nitrogen and oxygen atoms in total. The first-order valence-electron chi connectivity index (χ1n) is 16.8. The largest absolute Gasteiger partial charge is 0.456 e. The van der Waals surface area contributed by atoms with Crippen LogP contribution in [-0.2, 0) is 0 Å². The number of rotatable bonds is 4. The summed E-state index contributed by atoms with van der Waals surface area (Å²) in [6, 6.07) is 65.9.